The van der Waals surface area contributed by atoms with E-state index in [1.165, 1.54) is 0 Å². The lowest BCUT2D eigenvalue weighted by Crippen LogP contribution is -2.36. The van der Waals surface area contributed by atoms with Gasteiger partial charge >= 0.3 is 0 Å². The van der Waals surface area contributed by atoms with Gasteiger partial charge in [0.2, 0.25) is 0 Å². The standard InChI is InChI=1S/C18H20N2O3.C17H18N2O3/c21-17-12-15(20-8-10-23-11-9-20)6-7-16(17)18(22)19-13-14-4-2-1-3-5-14;20-16-12-14(19-8-10-22-11-9-19)6-7-15(16)17(21)18-13-4-2-1-3-5-13/h1-7,12,21H,8-11,13H2,(H,19,22);1-7,12,20H,8-11H2,(H,18,21). The van der Waals surface area contributed by atoms with Crippen molar-refractivity contribution in [2.45, 2.75) is 6.54 Å². The van der Waals surface area contributed by atoms with Crippen LogP contribution in [-0.4, -0.2) is 74.6 Å². The molecule has 6 rings (SSSR count). The Balaban J connectivity index is 0.000000178. The van der Waals surface area contributed by atoms with Crippen molar-refractivity contribution in [2.75, 3.05) is 67.7 Å². The van der Waals surface area contributed by atoms with Crippen molar-refractivity contribution in [1.82, 2.24) is 5.32 Å². The summed E-state index contributed by atoms with van der Waals surface area (Å²) in [6.45, 7) is 6.31. The van der Waals surface area contributed by atoms with E-state index >= 15 is 0 Å². The maximum Gasteiger partial charge on any atom is 0.259 e. The monoisotopic (exact) mass is 610 g/mol. The van der Waals surface area contributed by atoms with E-state index in [-0.39, 0.29) is 34.4 Å². The second-order valence-electron chi connectivity index (χ2n) is 10.6. The molecule has 2 aliphatic rings. The summed E-state index contributed by atoms with van der Waals surface area (Å²) < 4.78 is 10.6. The van der Waals surface area contributed by atoms with Crippen LogP contribution < -0.4 is 20.4 Å². The highest BCUT2D eigenvalue weighted by Crippen LogP contribution is 2.27. The van der Waals surface area contributed by atoms with Gasteiger partial charge in [-0.2, -0.15) is 0 Å². The van der Waals surface area contributed by atoms with Crippen LogP contribution in [-0.2, 0) is 16.0 Å². The van der Waals surface area contributed by atoms with Crippen molar-refractivity contribution in [2.24, 2.45) is 0 Å². The number of hydrogen-bond acceptors (Lipinski definition) is 8. The number of phenols is 2. The SMILES string of the molecule is O=C(NCc1ccccc1)c1ccc(N2CCOCC2)cc1O.O=C(Nc1ccccc1)c1ccc(N2CCOCC2)cc1O. The molecular formula is C35H38N4O6. The maximum absolute atomic E-state index is 12.2. The number of amides is 2. The lowest BCUT2D eigenvalue weighted by molar-refractivity contribution is 0.0947. The lowest BCUT2D eigenvalue weighted by Gasteiger charge is -2.29. The van der Waals surface area contributed by atoms with Crippen LogP contribution in [0.3, 0.4) is 0 Å². The zero-order valence-corrected chi connectivity index (χ0v) is 25.0. The van der Waals surface area contributed by atoms with Crippen LogP contribution >= 0.6 is 0 Å². The number of benzene rings is 4. The highest BCUT2D eigenvalue weighted by Gasteiger charge is 2.17. The molecule has 0 aliphatic carbocycles. The quantitative estimate of drug-likeness (QED) is 0.239. The van der Waals surface area contributed by atoms with Crippen LogP contribution in [0.5, 0.6) is 11.5 Å². The summed E-state index contributed by atoms with van der Waals surface area (Å²) in [6, 6.07) is 29.2. The summed E-state index contributed by atoms with van der Waals surface area (Å²) in [7, 11) is 0. The Kier molecular flexibility index (Phi) is 10.9. The van der Waals surface area contributed by atoms with Gasteiger partial charge in [-0.15, -0.1) is 0 Å². The van der Waals surface area contributed by atoms with Gasteiger partial charge in [-0.1, -0.05) is 48.5 Å². The van der Waals surface area contributed by atoms with E-state index in [1.807, 2.05) is 60.7 Å². The van der Waals surface area contributed by atoms with Gasteiger partial charge in [0.1, 0.15) is 11.5 Å². The van der Waals surface area contributed by atoms with E-state index in [2.05, 4.69) is 20.4 Å². The average Bonchev–Trinajstić information content (AvgIpc) is 3.09. The van der Waals surface area contributed by atoms with Gasteiger partial charge in [-0.25, -0.2) is 0 Å². The van der Waals surface area contributed by atoms with E-state index in [4.69, 9.17) is 9.47 Å². The third-order valence-electron chi connectivity index (χ3n) is 7.53. The number of hydrogen-bond donors (Lipinski definition) is 4. The van der Waals surface area contributed by atoms with Crippen molar-refractivity contribution in [1.29, 1.82) is 0 Å². The molecule has 10 nitrogen and oxygen atoms in total. The summed E-state index contributed by atoms with van der Waals surface area (Å²) in [5.41, 5.74) is 4.08. The van der Waals surface area contributed by atoms with Gasteiger partial charge in [-0.3, -0.25) is 9.59 Å². The van der Waals surface area contributed by atoms with Gasteiger partial charge in [0.25, 0.3) is 11.8 Å². The molecule has 45 heavy (non-hydrogen) atoms. The Morgan fingerprint density at radius 1 is 0.622 bits per heavy atom. The van der Waals surface area contributed by atoms with Crippen LogP contribution in [0.2, 0.25) is 0 Å². The van der Waals surface area contributed by atoms with Crippen molar-refractivity contribution in [3.8, 4) is 11.5 Å². The van der Waals surface area contributed by atoms with Crippen LogP contribution in [0.15, 0.2) is 97.1 Å². The van der Waals surface area contributed by atoms with E-state index in [0.717, 1.165) is 43.1 Å². The fourth-order valence-corrected chi connectivity index (χ4v) is 5.05. The first-order valence-corrected chi connectivity index (χ1v) is 15.0. The van der Waals surface area contributed by atoms with Crippen LogP contribution in [0.1, 0.15) is 26.3 Å². The predicted molar refractivity (Wildman–Crippen MR) is 174 cm³/mol. The van der Waals surface area contributed by atoms with Crippen molar-refractivity contribution >= 4 is 28.9 Å². The zero-order valence-electron chi connectivity index (χ0n) is 25.0. The molecule has 2 amide bonds. The number of morpholine rings is 2. The number of rotatable bonds is 7. The first kappa shape index (κ1) is 31.4. The first-order chi connectivity index (χ1) is 22.0. The molecule has 0 atom stereocenters. The van der Waals surface area contributed by atoms with Gasteiger partial charge in [0.15, 0.2) is 0 Å². The Morgan fingerprint density at radius 3 is 1.58 bits per heavy atom. The topological polar surface area (TPSA) is 124 Å². The molecule has 2 fully saturated rings. The Hall–Kier alpha value is -5.06. The molecule has 0 saturated carbocycles. The third kappa shape index (κ3) is 8.75. The largest absolute Gasteiger partial charge is 0.507 e. The number of aromatic hydroxyl groups is 2. The summed E-state index contributed by atoms with van der Waals surface area (Å²) in [6.07, 6.45) is 0. The van der Waals surface area contributed by atoms with Crippen LogP contribution in [0, 0.1) is 0 Å². The minimum absolute atomic E-state index is 0.000413. The number of carbonyl (C=O) groups excluding carboxylic acids is 2. The molecule has 4 aromatic carbocycles. The van der Waals surface area contributed by atoms with E-state index < -0.39 is 0 Å². The lowest BCUT2D eigenvalue weighted by atomic mass is 10.1. The minimum Gasteiger partial charge on any atom is -0.507 e. The molecule has 2 saturated heterocycles. The number of phenolic OH excluding ortho intramolecular Hbond substituents is 2. The van der Waals surface area contributed by atoms with E-state index in [9.17, 15) is 19.8 Å². The van der Waals surface area contributed by atoms with E-state index in [1.54, 1.807) is 36.4 Å². The zero-order chi connectivity index (χ0) is 31.4. The Bertz CT molecular complexity index is 1560. The third-order valence-corrected chi connectivity index (χ3v) is 7.53. The summed E-state index contributed by atoms with van der Waals surface area (Å²) in [5, 5.41) is 25.9. The molecular weight excluding hydrogens is 572 g/mol. The fraction of sp³-hybridized carbons (Fsp3) is 0.257. The molecule has 0 unspecified atom stereocenters. The van der Waals surface area contributed by atoms with Gasteiger partial charge in [0.05, 0.1) is 37.6 Å². The van der Waals surface area contributed by atoms with Crippen LogP contribution in [0.25, 0.3) is 0 Å². The molecule has 4 aromatic rings. The second kappa shape index (κ2) is 15.6. The molecule has 0 spiro atoms. The molecule has 2 heterocycles. The second-order valence-corrected chi connectivity index (χ2v) is 10.6. The predicted octanol–water partition coefficient (Wildman–Crippen LogP) is 4.64. The Morgan fingerprint density at radius 2 is 1.09 bits per heavy atom. The maximum atomic E-state index is 12.2. The summed E-state index contributed by atoms with van der Waals surface area (Å²) in [4.78, 5) is 28.7. The highest BCUT2D eigenvalue weighted by molar-refractivity contribution is 6.06. The highest BCUT2D eigenvalue weighted by atomic mass is 16.5. The molecule has 10 heteroatoms. The number of para-hydroxylation sites is 1. The number of anilines is 3. The normalized spacial score (nSPS) is 14.6. The smallest absolute Gasteiger partial charge is 0.259 e. The first-order valence-electron chi connectivity index (χ1n) is 15.0. The van der Waals surface area contributed by atoms with Gasteiger partial charge in [-0.05, 0) is 42.0 Å². The van der Waals surface area contributed by atoms with Crippen molar-refractivity contribution < 1.29 is 29.3 Å². The van der Waals surface area contributed by atoms with Gasteiger partial charge in [0, 0.05) is 61.9 Å². The van der Waals surface area contributed by atoms with Crippen molar-refractivity contribution in [3.05, 3.63) is 114 Å². The molecule has 4 N–H and O–H groups in total. The molecule has 0 bridgehead atoms. The summed E-state index contributed by atoms with van der Waals surface area (Å²) in [5.74, 6) is -0.617. The fourth-order valence-electron chi connectivity index (χ4n) is 5.05. The number of ether oxygens (including phenoxy) is 2. The Labute approximate surface area is 262 Å². The minimum atomic E-state index is -0.322. The van der Waals surface area contributed by atoms with Gasteiger partial charge < -0.3 is 40.1 Å². The molecule has 234 valence electrons. The number of nitrogens with one attached hydrogen (secondary N) is 2. The summed E-state index contributed by atoms with van der Waals surface area (Å²) >= 11 is 0. The van der Waals surface area contributed by atoms with Crippen molar-refractivity contribution in [3.63, 3.8) is 0 Å². The average molecular weight is 611 g/mol. The number of carbonyl (C=O) groups is 2. The molecule has 0 aromatic heterocycles. The molecule has 2 aliphatic heterocycles. The van der Waals surface area contributed by atoms with E-state index in [0.29, 0.717) is 38.7 Å². The molecule has 0 radical (unpaired) electrons. The number of nitrogens with zero attached hydrogens (tertiary/aromatic N) is 2. The van der Waals surface area contributed by atoms with Crippen LogP contribution in [0.4, 0.5) is 17.1 Å².